The summed E-state index contributed by atoms with van der Waals surface area (Å²) in [5.74, 6) is 2.73. The molecule has 0 heterocycles. The molecular weight excluding hydrogens is 359 g/mol. The molecule has 3 fully saturated rings. The van der Waals surface area contributed by atoms with Crippen molar-refractivity contribution in [2.45, 2.75) is 83.3 Å². The van der Waals surface area contributed by atoms with E-state index in [0.29, 0.717) is 12.8 Å². The third-order valence-electron chi connectivity index (χ3n) is 8.85. The van der Waals surface area contributed by atoms with Crippen LogP contribution in [0.5, 0.6) is 0 Å². The number of carbonyl (C=O) groups excluding carboxylic acids is 1. The maximum Gasteiger partial charge on any atom is 0.303 e. The topological polar surface area (TPSA) is 66.8 Å². The predicted octanol–water partition coefficient (Wildman–Crippen LogP) is 3.16. The standard InChI is InChI=1S/C23H31FO4/c1-5-23(27)19(26)12-17-14-6-7-16-20(24)18(28-13(2)25)9-10-21(16,3)15(14)8-11-22(17,23)4/h1,7,14-15,17-20,26-27H,6,8-12H2,2-4H3/t14-,15+,17+,18+,19-,20-,21-,22+,23+/m1/s1. The van der Waals surface area contributed by atoms with Crippen LogP contribution in [0.25, 0.3) is 0 Å². The molecule has 4 aliphatic rings. The van der Waals surface area contributed by atoms with Crippen LogP contribution in [0.4, 0.5) is 4.39 Å². The van der Waals surface area contributed by atoms with Crippen LogP contribution in [0.3, 0.4) is 0 Å². The summed E-state index contributed by atoms with van der Waals surface area (Å²) in [5.41, 5.74) is -1.51. The minimum atomic E-state index is -1.50. The molecule has 0 aromatic heterocycles. The molecule has 2 N–H and O–H groups in total. The SMILES string of the molecule is C#C[C@]1(O)[C@H](O)C[C@H]2[C@@H]3CC=C4[C@@H](F)[C@@H](OC(C)=O)CC[C@]4(C)[C@H]3CC[C@@]21C. The number of rotatable bonds is 1. The fourth-order valence-electron chi connectivity index (χ4n) is 7.28. The minimum absolute atomic E-state index is 0.112. The highest BCUT2D eigenvalue weighted by molar-refractivity contribution is 5.66. The molecule has 0 aliphatic heterocycles. The number of aliphatic hydroxyl groups excluding tert-OH is 1. The Kier molecular flexibility index (Phi) is 4.49. The molecule has 0 unspecified atom stereocenters. The van der Waals surface area contributed by atoms with Crippen molar-refractivity contribution in [2.75, 3.05) is 0 Å². The Morgan fingerprint density at radius 2 is 2.04 bits per heavy atom. The highest BCUT2D eigenvalue weighted by Crippen LogP contribution is 2.67. The summed E-state index contributed by atoms with van der Waals surface area (Å²) in [4.78, 5) is 11.3. The Labute approximate surface area is 166 Å². The van der Waals surface area contributed by atoms with Gasteiger partial charge in [-0.3, -0.25) is 4.79 Å². The van der Waals surface area contributed by atoms with Crippen LogP contribution in [0.2, 0.25) is 0 Å². The van der Waals surface area contributed by atoms with Crippen molar-refractivity contribution >= 4 is 5.97 Å². The lowest BCUT2D eigenvalue weighted by Gasteiger charge is -2.58. The molecule has 0 saturated heterocycles. The van der Waals surface area contributed by atoms with Gasteiger partial charge in [-0.05, 0) is 67.3 Å². The number of esters is 1. The molecular formula is C23H31FO4. The van der Waals surface area contributed by atoms with E-state index in [1.165, 1.54) is 6.92 Å². The number of ether oxygens (including phenoxy) is 1. The summed E-state index contributed by atoms with van der Waals surface area (Å²) >= 11 is 0. The Balaban J connectivity index is 1.67. The minimum Gasteiger partial charge on any atom is -0.459 e. The largest absolute Gasteiger partial charge is 0.459 e. The first-order valence-electron chi connectivity index (χ1n) is 10.5. The molecule has 0 aromatic carbocycles. The van der Waals surface area contributed by atoms with Gasteiger partial charge in [0.15, 0.2) is 11.8 Å². The smallest absolute Gasteiger partial charge is 0.303 e. The van der Waals surface area contributed by atoms with Gasteiger partial charge in [0.2, 0.25) is 0 Å². The van der Waals surface area contributed by atoms with Crippen LogP contribution >= 0.6 is 0 Å². The first-order chi connectivity index (χ1) is 13.1. The van der Waals surface area contributed by atoms with Crippen molar-refractivity contribution < 1.29 is 24.1 Å². The lowest BCUT2D eigenvalue weighted by molar-refractivity contribution is -0.154. The average Bonchev–Trinajstić information content (AvgIpc) is 2.85. The van der Waals surface area contributed by atoms with Crippen molar-refractivity contribution in [3.8, 4) is 12.3 Å². The van der Waals surface area contributed by atoms with Gasteiger partial charge in [0.05, 0.1) is 6.10 Å². The van der Waals surface area contributed by atoms with E-state index in [-0.39, 0.29) is 23.2 Å². The quantitative estimate of drug-likeness (QED) is 0.410. The van der Waals surface area contributed by atoms with E-state index in [1.807, 2.05) is 13.0 Å². The highest BCUT2D eigenvalue weighted by Gasteiger charge is 2.67. The summed E-state index contributed by atoms with van der Waals surface area (Å²) in [7, 11) is 0. The van der Waals surface area contributed by atoms with Crippen LogP contribution in [0.1, 0.15) is 59.3 Å². The molecule has 4 aliphatic carbocycles. The number of fused-ring (bicyclic) bond motifs is 5. The molecule has 0 bridgehead atoms. The second kappa shape index (κ2) is 6.31. The zero-order valence-electron chi connectivity index (χ0n) is 17.0. The maximum absolute atomic E-state index is 15.3. The highest BCUT2D eigenvalue weighted by atomic mass is 19.1. The van der Waals surface area contributed by atoms with Gasteiger partial charge in [-0.25, -0.2) is 4.39 Å². The Morgan fingerprint density at radius 1 is 1.32 bits per heavy atom. The number of aliphatic hydroxyl groups is 2. The van der Waals surface area contributed by atoms with Gasteiger partial charge in [0.25, 0.3) is 0 Å². The lowest BCUT2D eigenvalue weighted by atomic mass is 9.47. The van der Waals surface area contributed by atoms with E-state index in [0.717, 1.165) is 31.3 Å². The predicted molar refractivity (Wildman–Crippen MR) is 103 cm³/mol. The molecule has 0 spiro atoms. The number of hydrogen-bond acceptors (Lipinski definition) is 4. The van der Waals surface area contributed by atoms with Gasteiger partial charge in [-0.1, -0.05) is 25.8 Å². The van der Waals surface area contributed by atoms with Crippen LogP contribution in [0.15, 0.2) is 11.6 Å². The lowest BCUT2D eigenvalue weighted by Crippen LogP contribution is -2.57. The molecule has 4 rings (SSSR count). The van der Waals surface area contributed by atoms with E-state index >= 15 is 4.39 Å². The van der Waals surface area contributed by atoms with E-state index in [2.05, 4.69) is 12.8 Å². The molecule has 0 amide bonds. The molecule has 0 aromatic rings. The van der Waals surface area contributed by atoms with Gasteiger partial charge in [0.1, 0.15) is 6.10 Å². The first kappa shape index (κ1) is 19.9. The zero-order valence-corrected chi connectivity index (χ0v) is 17.0. The summed E-state index contributed by atoms with van der Waals surface area (Å²) < 4.78 is 20.5. The van der Waals surface area contributed by atoms with Crippen molar-refractivity contribution in [3.63, 3.8) is 0 Å². The fraction of sp³-hybridized carbons (Fsp3) is 0.783. The zero-order chi connectivity index (χ0) is 20.5. The van der Waals surface area contributed by atoms with Crippen LogP contribution in [-0.4, -0.2) is 40.2 Å². The number of allylic oxidation sites excluding steroid dienone is 1. The summed E-state index contributed by atoms with van der Waals surface area (Å²) in [6, 6.07) is 0. The number of terminal acetylenes is 1. The first-order valence-corrected chi connectivity index (χ1v) is 10.5. The molecule has 28 heavy (non-hydrogen) atoms. The van der Waals surface area contributed by atoms with Gasteiger partial charge in [-0.15, -0.1) is 6.42 Å². The van der Waals surface area contributed by atoms with E-state index in [4.69, 9.17) is 11.2 Å². The molecule has 154 valence electrons. The van der Waals surface area contributed by atoms with Crippen LogP contribution in [0, 0.1) is 40.9 Å². The maximum atomic E-state index is 15.3. The average molecular weight is 390 g/mol. The van der Waals surface area contributed by atoms with Crippen molar-refractivity contribution in [1.29, 1.82) is 0 Å². The third-order valence-corrected chi connectivity index (χ3v) is 8.85. The summed E-state index contributed by atoms with van der Waals surface area (Å²) in [6.45, 7) is 5.49. The van der Waals surface area contributed by atoms with Crippen LogP contribution < -0.4 is 0 Å². The molecule has 3 saturated carbocycles. The number of carbonyl (C=O) groups is 1. The monoisotopic (exact) mass is 390 g/mol. The van der Waals surface area contributed by atoms with Crippen molar-refractivity contribution in [2.24, 2.45) is 28.6 Å². The summed E-state index contributed by atoms with van der Waals surface area (Å²) in [5, 5.41) is 21.6. The van der Waals surface area contributed by atoms with Gasteiger partial charge in [0, 0.05) is 12.3 Å². The molecule has 0 radical (unpaired) electrons. The molecule has 4 nitrogen and oxygen atoms in total. The van der Waals surface area contributed by atoms with Gasteiger partial charge in [-0.2, -0.15) is 0 Å². The van der Waals surface area contributed by atoms with Crippen molar-refractivity contribution in [1.82, 2.24) is 0 Å². The number of hydrogen-bond donors (Lipinski definition) is 2. The Bertz CT molecular complexity index is 756. The normalized spacial score (nSPS) is 52.5. The molecule has 5 heteroatoms. The van der Waals surface area contributed by atoms with E-state index in [9.17, 15) is 15.0 Å². The van der Waals surface area contributed by atoms with Gasteiger partial charge < -0.3 is 14.9 Å². The van der Waals surface area contributed by atoms with Crippen molar-refractivity contribution in [3.05, 3.63) is 11.6 Å². The van der Waals surface area contributed by atoms with Gasteiger partial charge >= 0.3 is 5.97 Å². The van der Waals surface area contributed by atoms with Crippen LogP contribution in [-0.2, 0) is 9.53 Å². The number of halogens is 1. The summed E-state index contributed by atoms with van der Waals surface area (Å²) in [6.07, 6.45) is 8.90. The Morgan fingerprint density at radius 3 is 2.68 bits per heavy atom. The molecule has 9 atom stereocenters. The Hall–Kier alpha value is -1.38. The second-order valence-corrected chi connectivity index (χ2v) is 9.90. The number of alkyl halides is 1. The van der Waals surface area contributed by atoms with E-state index in [1.54, 1.807) is 0 Å². The third kappa shape index (κ3) is 2.40. The second-order valence-electron chi connectivity index (χ2n) is 9.90. The fourth-order valence-corrected chi connectivity index (χ4v) is 7.28. The van der Waals surface area contributed by atoms with E-state index < -0.39 is 35.4 Å².